The van der Waals surface area contributed by atoms with Gasteiger partial charge in [0.25, 0.3) is 0 Å². The van der Waals surface area contributed by atoms with Crippen molar-refractivity contribution in [2.45, 2.75) is 6.92 Å². The first-order valence-corrected chi connectivity index (χ1v) is 3.86. The maximum Gasteiger partial charge on any atom is 0.104 e. The topological polar surface area (TPSA) is 78.5 Å². The van der Waals surface area contributed by atoms with Crippen molar-refractivity contribution < 1.29 is 0 Å². The molecule has 13 heavy (non-hydrogen) atoms. The van der Waals surface area contributed by atoms with Crippen LogP contribution in [0.25, 0.3) is 11.0 Å². The molecule has 0 aliphatic heterocycles. The van der Waals surface area contributed by atoms with E-state index in [4.69, 9.17) is 11.0 Å². The number of hydrogen-bond acceptors (Lipinski definition) is 3. The van der Waals surface area contributed by atoms with Gasteiger partial charge in [-0.2, -0.15) is 5.26 Å². The maximum atomic E-state index is 8.72. The van der Waals surface area contributed by atoms with Gasteiger partial charge in [0.15, 0.2) is 0 Å². The predicted octanol–water partition coefficient (Wildman–Crippen LogP) is 1.33. The summed E-state index contributed by atoms with van der Waals surface area (Å²) in [6, 6.07) is 5.44. The van der Waals surface area contributed by atoms with Crippen LogP contribution in [0.4, 0.5) is 5.69 Å². The first-order chi connectivity index (χ1) is 6.20. The Bertz CT molecular complexity index is 504. The number of nitrogens with one attached hydrogen (secondary N) is 1. The summed E-state index contributed by atoms with van der Waals surface area (Å²) < 4.78 is 0. The van der Waals surface area contributed by atoms with Gasteiger partial charge in [0.05, 0.1) is 22.3 Å². The lowest BCUT2D eigenvalue weighted by atomic mass is 10.2. The van der Waals surface area contributed by atoms with Gasteiger partial charge in [-0.05, 0) is 19.1 Å². The molecule has 0 unspecified atom stereocenters. The smallest absolute Gasteiger partial charge is 0.104 e. The minimum atomic E-state index is 0.474. The van der Waals surface area contributed by atoms with Crippen molar-refractivity contribution in [2.24, 2.45) is 0 Å². The van der Waals surface area contributed by atoms with Gasteiger partial charge in [0.2, 0.25) is 0 Å². The predicted molar refractivity (Wildman–Crippen MR) is 50.0 cm³/mol. The van der Waals surface area contributed by atoms with E-state index < -0.39 is 0 Å². The van der Waals surface area contributed by atoms with Gasteiger partial charge < -0.3 is 10.7 Å². The molecule has 4 nitrogen and oxygen atoms in total. The molecule has 64 valence electrons. The highest BCUT2D eigenvalue weighted by atomic mass is 14.9. The molecule has 2 aromatic rings. The molecular formula is C9H8N4. The SMILES string of the molecule is Cc1nc2cc(N)c(C#N)cc2[nH]1. The molecule has 0 atom stereocenters. The largest absolute Gasteiger partial charge is 0.398 e. The first-order valence-electron chi connectivity index (χ1n) is 3.86. The Morgan fingerprint density at radius 2 is 2.31 bits per heavy atom. The number of hydrogen-bond donors (Lipinski definition) is 2. The second-order valence-electron chi connectivity index (χ2n) is 2.89. The lowest BCUT2D eigenvalue weighted by molar-refractivity contribution is 1.17. The number of benzene rings is 1. The minimum absolute atomic E-state index is 0.474. The Balaban J connectivity index is 2.82. The molecule has 1 aromatic carbocycles. The lowest BCUT2D eigenvalue weighted by Gasteiger charge is -1.95. The van der Waals surface area contributed by atoms with Gasteiger partial charge in [-0.25, -0.2) is 4.98 Å². The van der Waals surface area contributed by atoms with Crippen molar-refractivity contribution in [1.82, 2.24) is 9.97 Å². The van der Waals surface area contributed by atoms with Crippen molar-refractivity contribution in [3.8, 4) is 6.07 Å². The van der Waals surface area contributed by atoms with Crippen molar-refractivity contribution in [3.63, 3.8) is 0 Å². The van der Waals surface area contributed by atoms with E-state index in [9.17, 15) is 0 Å². The number of anilines is 1. The normalized spacial score (nSPS) is 10.2. The van der Waals surface area contributed by atoms with Crippen LogP contribution in [0.1, 0.15) is 11.4 Å². The number of nitriles is 1. The van der Waals surface area contributed by atoms with Crippen LogP contribution in [0, 0.1) is 18.3 Å². The highest BCUT2D eigenvalue weighted by molar-refractivity contribution is 5.82. The van der Waals surface area contributed by atoms with Crippen molar-refractivity contribution >= 4 is 16.7 Å². The number of aromatic amines is 1. The number of nitrogen functional groups attached to an aromatic ring is 1. The Kier molecular flexibility index (Phi) is 1.46. The maximum absolute atomic E-state index is 8.72. The summed E-state index contributed by atoms with van der Waals surface area (Å²) in [4.78, 5) is 7.25. The van der Waals surface area contributed by atoms with E-state index in [2.05, 4.69) is 9.97 Å². The molecule has 0 fully saturated rings. The average molecular weight is 172 g/mol. The Labute approximate surface area is 75.0 Å². The molecule has 0 aliphatic rings. The average Bonchev–Trinajstić information content (AvgIpc) is 2.42. The molecule has 4 heteroatoms. The molecule has 0 saturated heterocycles. The van der Waals surface area contributed by atoms with Crippen molar-refractivity contribution in [2.75, 3.05) is 5.73 Å². The molecule has 0 radical (unpaired) electrons. The summed E-state index contributed by atoms with van der Waals surface area (Å²) in [5.74, 6) is 0.824. The number of aryl methyl sites for hydroxylation is 1. The zero-order chi connectivity index (χ0) is 9.42. The fourth-order valence-electron chi connectivity index (χ4n) is 1.30. The third-order valence-electron chi connectivity index (χ3n) is 1.89. The van der Waals surface area contributed by atoms with Gasteiger partial charge in [0.1, 0.15) is 11.9 Å². The Hall–Kier alpha value is -2.02. The molecule has 1 heterocycles. The number of fused-ring (bicyclic) bond motifs is 1. The summed E-state index contributed by atoms with van der Waals surface area (Å²) in [6.45, 7) is 1.86. The van der Waals surface area contributed by atoms with Gasteiger partial charge in [0, 0.05) is 0 Å². The quantitative estimate of drug-likeness (QED) is 0.588. The second-order valence-corrected chi connectivity index (χ2v) is 2.89. The second kappa shape index (κ2) is 2.49. The number of nitrogens with two attached hydrogens (primary N) is 1. The van der Waals surface area contributed by atoms with E-state index in [0.717, 1.165) is 16.9 Å². The molecule has 0 spiro atoms. The van der Waals surface area contributed by atoms with Gasteiger partial charge in [-0.15, -0.1) is 0 Å². The molecule has 0 amide bonds. The number of H-pyrrole nitrogens is 1. The molecular weight excluding hydrogens is 164 g/mol. The Morgan fingerprint density at radius 1 is 1.54 bits per heavy atom. The summed E-state index contributed by atoms with van der Waals surface area (Å²) in [5.41, 5.74) is 8.24. The lowest BCUT2D eigenvalue weighted by Crippen LogP contribution is -1.89. The number of nitrogens with zero attached hydrogens (tertiary/aromatic N) is 2. The van der Waals surface area contributed by atoms with Crippen LogP contribution in [-0.2, 0) is 0 Å². The summed E-state index contributed by atoms with van der Waals surface area (Å²) in [6.07, 6.45) is 0. The molecule has 0 bridgehead atoms. The van der Waals surface area contributed by atoms with Gasteiger partial charge >= 0.3 is 0 Å². The van der Waals surface area contributed by atoms with Crippen molar-refractivity contribution in [3.05, 3.63) is 23.5 Å². The van der Waals surface area contributed by atoms with E-state index in [1.54, 1.807) is 12.1 Å². The van der Waals surface area contributed by atoms with E-state index in [1.807, 2.05) is 13.0 Å². The summed E-state index contributed by atoms with van der Waals surface area (Å²) >= 11 is 0. The van der Waals surface area contributed by atoms with Crippen LogP contribution >= 0.6 is 0 Å². The van der Waals surface area contributed by atoms with E-state index in [0.29, 0.717) is 11.3 Å². The molecule has 2 rings (SSSR count). The van der Waals surface area contributed by atoms with Crippen LogP contribution < -0.4 is 5.73 Å². The number of imidazole rings is 1. The minimum Gasteiger partial charge on any atom is -0.398 e. The van der Waals surface area contributed by atoms with Crippen LogP contribution in [0.3, 0.4) is 0 Å². The van der Waals surface area contributed by atoms with Crippen molar-refractivity contribution in [1.29, 1.82) is 5.26 Å². The van der Waals surface area contributed by atoms with E-state index >= 15 is 0 Å². The molecule has 3 N–H and O–H groups in total. The van der Waals surface area contributed by atoms with Crippen LogP contribution in [-0.4, -0.2) is 9.97 Å². The van der Waals surface area contributed by atoms with Crippen LogP contribution in [0.2, 0.25) is 0 Å². The summed E-state index contributed by atoms with van der Waals surface area (Å²) in [7, 11) is 0. The first kappa shape index (κ1) is 7.62. The summed E-state index contributed by atoms with van der Waals surface area (Å²) in [5, 5.41) is 8.72. The highest BCUT2D eigenvalue weighted by Gasteiger charge is 2.04. The number of rotatable bonds is 0. The van der Waals surface area contributed by atoms with E-state index in [1.165, 1.54) is 0 Å². The molecule has 1 aromatic heterocycles. The van der Waals surface area contributed by atoms with Gasteiger partial charge in [-0.1, -0.05) is 0 Å². The van der Waals surface area contributed by atoms with Crippen LogP contribution in [0.15, 0.2) is 12.1 Å². The standard InChI is InChI=1S/C9H8N4/c1-5-12-8-2-6(4-10)7(11)3-9(8)13-5/h2-3H,11H2,1H3,(H,12,13). The Morgan fingerprint density at radius 3 is 3.00 bits per heavy atom. The fourth-order valence-corrected chi connectivity index (χ4v) is 1.30. The van der Waals surface area contributed by atoms with Crippen LogP contribution in [0.5, 0.6) is 0 Å². The fraction of sp³-hybridized carbons (Fsp3) is 0.111. The van der Waals surface area contributed by atoms with Gasteiger partial charge in [-0.3, -0.25) is 0 Å². The third kappa shape index (κ3) is 1.11. The molecule has 0 aliphatic carbocycles. The zero-order valence-electron chi connectivity index (χ0n) is 7.13. The molecule has 0 saturated carbocycles. The number of aromatic nitrogens is 2. The highest BCUT2D eigenvalue weighted by Crippen LogP contribution is 2.19. The monoisotopic (exact) mass is 172 g/mol. The third-order valence-corrected chi connectivity index (χ3v) is 1.89. The van der Waals surface area contributed by atoms with E-state index in [-0.39, 0.29) is 0 Å². The zero-order valence-corrected chi connectivity index (χ0v) is 7.13.